The summed E-state index contributed by atoms with van der Waals surface area (Å²) in [4.78, 5) is 5.02. The molecule has 1 aliphatic rings. The van der Waals surface area contributed by atoms with Crippen LogP contribution in [0.5, 0.6) is 0 Å². The van der Waals surface area contributed by atoms with Crippen molar-refractivity contribution in [1.82, 2.24) is 9.55 Å². The fraction of sp³-hybridized carbons (Fsp3) is 0.667. The molecule has 0 radical (unpaired) electrons. The van der Waals surface area contributed by atoms with Crippen LogP contribution in [0.2, 0.25) is 0 Å². The largest absolute Gasteiger partial charge is 0.338 e. The van der Waals surface area contributed by atoms with Crippen LogP contribution in [0.4, 0.5) is 0 Å². The summed E-state index contributed by atoms with van der Waals surface area (Å²) in [7, 11) is 2.07. The van der Waals surface area contributed by atoms with E-state index in [1.807, 2.05) is 12.4 Å². The fourth-order valence-corrected chi connectivity index (χ4v) is 2.76. The van der Waals surface area contributed by atoms with Crippen LogP contribution in [0.3, 0.4) is 0 Å². The molecule has 2 unspecified atom stereocenters. The molecule has 1 fully saturated rings. The predicted molar refractivity (Wildman–Crippen MR) is 52.5 cm³/mol. The van der Waals surface area contributed by atoms with Crippen molar-refractivity contribution in [1.29, 1.82) is 0 Å². The Bertz CT molecular complexity index is 269. The number of hydrogen-bond acceptors (Lipinski definition) is 1. The van der Waals surface area contributed by atoms with E-state index < -0.39 is 0 Å². The average Bonchev–Trinajstić information content (AvgIpc) is 2.59. The summed E-state index contributed by atoms with van der Waals surface area (Å²) in [5, 5.41) is 0. The number of nitrogens with zero attached hydrogens (tertiary/aromatic N) is 2. The van der Waals surface area contributed by atoms with Crippen LogP contribution in [0.25, 0.3) is 0 Å². The molecule has 1 aromatic heterocycles. The summed E-state index contributed by atoms with van der Waals surface area (Å²) in [5.74, 6) is 1.86. The smallest absolute Gasteiger partial charge is 0.112 e. The van der Waals surface area contributed by atoms with Crippen LogP contribution in [0, 0.1) is 0 Å². The van der Waals surface area contributed by atoms with Crippen molar-refractivity contribution in [2.45, 2.75) is 30.0 Å². The van der Waals surface area contributed by atoms with E-state index in [0.717, 1.165) is 0 Å². The molecule has 0 saturated heterocycles. The predicted octanol–water partition coefficient (Wildman–Crippen LogP) is 2.45. The van der Waals surface area contributed by atoms with Gasteiger partial charge >= 0.3 is 0 Å². The van der Waals surface area contributed by atoms with E-state index in [9.17, 15) is 0 Å². The Balaban J connectivity index is 2.24. The third-order valence-corrected chi connectivity index (χ3v) is 3.72. The molecule has 0 amide bonds. The van der Waals surface area contributed by atoms with Gasteiger partial charge in [0.15, 0.2) is 0 Å². The molecule has 2 nitrogen and oxygen atoms in total. The molecule has 0 aliphatic heterocycles. The van der Waals surface area contributed by atoms with Crippen LogP contribution >= 0.6 is 15.9 Å². The van der Waals surface area contributed by atoms with Crippen molar-refractivity contribution in [3.05, 3.63) is 18.2 Å². The molecule has 2 rings (SSSR count). The van der Waals surface area contributed by atoms with Gasteiger partial charge in [0.2, 0.25) is 0 Å². The standard InChI is InChI=1S/C9H13BrN2/c1-12-6-5-11-9(12)7-3-2-4-8(7)10/h5-8H,2-4H2,1H3. The van der Waals surface area contributed by atoms with Gasteiger partial charge in [-0.15, -0.1) is 0 Å². The van der Waals surface area contributed by atoms with Gasteiger partial charge in [-0.2, -0.15) is 0 Å². The first-order valence-corrected chi connectivity index (χ1v) is 5.32. The van der Waals surface area contributed by atoms with Crippen LogP contribution in [0.1, 0.15) is 31.0 Å². The molecule has 1 aromatic rings. The second kappa shape index (κ2) is 3.21. The zero-order valence-corrected chi connectivity index (χ0v) is 8.79. The molecular formula is C9H13BrN2. The Labute approximate surface area is 81.1 Å². The normalized spacial score (nSPS) is 29.5. The minimum absolute atomic E-state index is 0.630. The highest BCUT2D eigenvalue weighted by Gasteiger charge is 2.28. The maximum absolute atomic E-state index is 4.38. The molecule has 1 aliphatic carbocycles. The second-order valence-electron chi connectivity index (χ2n) is 3.45. The summed E-state index contributed by atoms with van der Waals surface area (Å²) in [6, 6.07) is 0. The molecule has 1 heterocycles. The topological polar surface area (TPSA) is 17.8 Å². The summed E-state index contributed by atoms with van der Waals surface area (Å²) in [5.41, 5.74) is 0. The monoisotopic (exact) mass is 228 g/mol. The van der Waals surface area contributed by atoms with Crippen molar-refractivity contribution in [2.24, 2.45) is 7.05 Å². The third-order valence-electron chi connectivity index (χ3n) is 2.62. The molecule has 0 spiro atoms. The zero-order valence-electron chi connectivity index (χ0n) is 7.20. The van der Waals surface area contributed by atoms with Crippen LogP contribution < -0.4 is 0 Å². The van der Waals surface area contributed by atoms with Crippen LogP contribution in [0.15, 0.2) is 12.4 Å². The van der Waals surface area contributed by atoms with Gasteiger partial charge in [-0.25, -0.2) is 4.98 Å². The van der Waals surface area contributed by atoms with Gasteiger partial charge in [0.1, 0.15) is 5.82 Å². The molecule has 0 N–H and O–H groups in total. The lowest BCUT2D eigenvalue weighted by Crippen LogP contribution is -2.10. The maximum Gasteiger partial charge on any atom is 0.112 e. The first-order chi connectivity index (χ1) is 5.79. The number of rotatable bonds is 1. The minimum Gasteiger partial charge on any atom is -0.338 e. The third kappa shape index (κ3) is 1.30. The van der Waals surface area contributed by atoms with Crippen molar-refractivity contribution < 1.29 is 0 Å². The van der Waals surface area contributed by atoms with E-state index in [-0.39, 0.29) is 0 Å². The SMILES string of the molecule is Cn1ccnc1C1CCCC1Br. The highest BCUT2D eigenvalue weighted by atomic mass is 79.9. The van der Waals surface area contributed by atoms with Gasteiger partial charge in [0, 0.05) is 30.2 Å². The van der Waals surface area contributed by atoms with E-state index in [1.165, 1.54) is 25.1 Å². The number of hydrogen-bond donors (Lipinski definition) is 0. The lowest BCUT2D eigenvalue weighted by Gasteiger charge is -2.12. The highest BCUT2D eigenvalue weighted by molar-refractivity contribution is 9.09. The maximum atomic E-state index is 4.38. The fourth-order valence-electron chi connectivity index (χ4n) is 1.94. The van der Waals surface area contributed by atoms with E-state index in [2.05, 4.69) is 32.5 Å². The Hall–Kier alpha value is -0.310. The van der Waals surface area contributed by atoms with Crippen molar-refractivity contribution >= 4 is 15.9 Å². The van der Waals surface area contributed by atoms with E-state index >= 15 is 0 Å². The highest BCUT2D eigenvalue weighted by Crippen LogP contribution is 2.37. The number of halogens is 1. The first-order valence-electron chi connectivity index (χ1n) is 4.40. The van der Waals surface area contributed by atoms with Crippen molar-refractivity contribution in [3.8, 4) is 0 Å². The number of imidazole rings is 1. The van der Waals surface area contributed by atoms with Gasteiger partial charge in [-0.1, -0.05) is 22.4 Å². The quantitative estimate of drug-likeness (QED) is 0.676. The first kappa shape index (κ1) is 8.30. The van der Waals surface area contributed by atoms with Gasteiger partial charge in [-0.05, 0) is 12.8 Å². The minimum atomic E-state index is 0.630. The molecule has 12 heavy (non-hydrogen) atoms. The lowest BCUT2D eigenvalue weighted by atomic mass is 10.1. The molecule has 2 atom stereocenters. The van der Waals surface area contributed by atoms with Crippen molar-refractivity contribution in [2.75, 3.05) is 0 Å². The molecule has 3 heteroatoms. The second-order valence-corrected chi connectivity index (χ2v) is 4.63. The molecule has 0 bridgehead atoms. The molecule has 1 saturated carbocycles. The van der Waals surface area contributed by atoms with Gasteiger partial charge in [0.05, 0.1) is 0 Å². The van der Waals surface area contributed by atoms with E-state index in [1.54, 1.807) is 0 Å². The van der Waals surface area contributed by atoms with E-state index in [0.29, 0.717) is 10.7 Å². The van der Waals surface area contributed by atoms with Crippen LogP contribution in [-0.4, -0.2) is 14.4 Å². The Kier molecular flexibility index (Phi) is 2.22. The number of alkyl halides is 1. The van der Waals surface area contributed by atoms with Gasteiger partial charge in [0.25, 0.3) is 0 Å². The van der Waals surface area contributed by atoms with Crippen molar-refractivity contribution in [3.63, 3.8) is 0 Å². The lowest BCUT2D eigenvalue weighted by molar-refractivity contribution is 0.646. The summed E-state index contributed by atoms with van der Waals surface area (Å²) < 4.78 is 2.13. The summed E-state index contributed by atoms with van der Waals surface area (Å²) in [6.07, 6.45) is 7.80. The molecule has 0 aromatic carbocycles. The Morgan fingerprint density at radius 1 is 1.58 bits per heavy atom. The Morgan fingerprint density at radius 3 is 2.92 bits per heavy atom. The summed E-state index contributed by atoms with van der Waals surface area (Å²) >= 11 is 3.71. The zero-order chi connectivity index (χ0) is 8.55. The number of aryl methyl sites for hydroxylation is 1. The Morgan fingerprint density at radius 2 is 2.42 bits per heavy atom. The van der Waals surface area contributed by atoms with Crippen LogP contribution in [-0.2, 0) is 7.05 Å². The average molecular weight is 229 g/mol. The molecule has 66 valence electrons. The summed E-state index contributed by atoms with van der Waals surface area (Å²) in [6.45, 7) is 0. The molecular weight excluding hydrogens is 216 g/mol. The van der Waals surface area contributed by atoms with E-state index in [4.69, 9.17) is 0 Å². The number of aromatic nitrogens is 2. The van der Waals surface area contributed by atoms with Gasteiger partial charge in [-0.3, -0.25) is 0 Å². The van der Waals surface area contributed by atoms with Gasteiger partial charge < -0.3 is 4.57 Å².